The second-order valence-corrected chi connectivity index (χ2v) is 5.78. The fourth-order valence-electron chi connectivity index (χ4n) is 2.34. The zero-order valence-corrected chi connectivity index (χ0v) is 12.3. The molecule has 2 atom stereocenters. The molecule has 1 saturated heterocycles. The fourth-order valence-corrected chi connectivity index (χ4v) is 2.34. The molecule has 3 heteroatoms. The van der Waals surface area contributed by atoms with E-state index in [1.165, 1.54) is 16.7 Å². The van der Waals surface area contributed by atoms with Gasteiger partial charge in [-0.1, -0.05) is 25.1 Å². The molecule has 3 nitrogen and oxygen atoms in total. The molecule has 0 radical (unpaired) electrons. The monoisotopic (exact) mass is 260 g/mol. The third-order valence-corrected chi connectivity index (χ3v) is 4.32. The van der Waals surface area contributed by atoms with Gasteiger partial charge in [-0.05, 0) is 56.5 Å². The number of hydrogen-bond acceptors (Lipinski definition) is 2. The molecule has 1 aromatic carbocycles. The molecule has 19 heavy (non-hydrogen) atoms. The lowest BCUT2D eigenvalue weighted by molar-refractivity contribution is -0.127. The highest BCUT2D eigenvalue weighted by Gasteiger charge is 2.29. The molecule has 104 valence electrons. The van der Waals surface area contributed by atoms with Crippen molar-refractivity contribution in [2.24, 2.45) is 11.8 Å². The van der Waals surface area contributed by atoms with Crippen LogP contribution in [0.25, 0.3) is 0 Å². The number of nitrogens with one attached hydrogen (secondary N) is 2. The van der Waals surface area contributed by atoms with Gasteiger partial charge >= 0.3 is 0 Å². The Hall–Kier alpha value is -1.35. The van der Waals surface area contributed by atoms with Crippen LogP contribution in [0.15, 0.2) is 18.2 Å². The Kier molecular flexibility index (Phi) is 4.25. The van der Waals surface area contributed by atoms with E-state index in [0.717, 1.165) is 13.1 Å². The second-order valence-electron chi connectivity index (χ2n) is 5.78. The van der Waals surface area contributed by atoms with Crippen molar-refractivity contribution in [3.8, 4) is 0 Å². The van der Waals surface area contributed by atoms with E-state index in [1.54, 1.807) is 0 Å². The van der Waals surface area contributed by atoms with Crippen LogP contribution in [0.3, 0.4) is 0 Å². The first-order valence-electron chi connectivity index (χ1n) is 7.07. The molecule has 1 amide bonds. The molecule has 0 saturated carbocycles. The van der Waals surface area contributed by atoms with E-state index in [9.17, 15) is 4.79 Å². The highest BCUT2D eigenvalue weighted by molar-refractivity contribution is 5.79. The number of aryl methyl sites for hydroxylation is 2. The predicted octanol–water partition coefficient (Wildman–Crippen LogP) is 2.34. The van der Waals surface area contributed by atoms with Crippen LogP contribution in [-0.2, 0) is 4.79 Å². The van der Waals surface area contributed by atoms with Crippen LogP contribution in [0, 0.1) is 25.7 Å². The van der Waals surface area contributed by atoms with Crippen molar-refractivity contribution < 1.29 is 4.79 Å². The van der Waals surface area contributed by atoms with Crippen molar-refractivity contribution in [3.05, 3.63) is 34.9 Å². The normalized spacial score (nSPS) is 18.5. The fraction of sp³-hybridized carbons (Fsp3) is 0.562. The topological polar surface area (TPSA) is 41.1 Å². The van der Waals surface area contributed by atoms with Crippen LogP contribution in [0.2, 0.25) is 0 Å². The molecule has 1 aliphatic rings. The predicted molar refractivity (Wildman–Crippen MR) is 78.0 cm³/mol. The summed E-state index contributed by atoms with van der Waals surface area (Å²) in [6.45, 7) is 10.2. The average molecular weight is 260 g/mol. The van der Waals surface area contributed by atoms with Crippen molar-refractivity contribution in [1.82, 2.24) is 10.6 Å². The number of rotatable bonds is 4. The van der Waals surface area contributed by atoms with Crippen LogP contribution in [0.5, 0.6) is 0 Å². The SMILES string of the molecule is Cc1ccc(C(C)NC(=O)C(C)C2CNC2)cc1C. The molecular weight excluding hydrogens is 236 g/mol. The van der Waals surface area contributed by atoms with Crippen molar-refractivity contribution >= 4 is 5.91 Å². The molecule has 2 unspecified atom stereocenters. The summed E-state index contributed by atoms with van der Waals surface area (Å²) >= 11 is 0. The van der Waals surface area contributed by atoms with E-state index in [4.69, 9.17) is 0 Å². The molecule has 2 rings (SSSR count). The van der Waals surface area contributed by atoms with Crippen LogP contribution in [0.1, 0.15) is 36.6 Å². The first-order chi connectivity index (χ1) is 8.99. The Labute approximate surface area is 115 Å². The maximum absolute atomic E-state index is 12.2. The number of amides is 1. The first kappa shape index (κ1) is 14.1. The summed E-state index contributed by atoms with van der Waals surface area (Å²) in [6, 6.07) is 6.45. The third kappa shape index (κ3) is 3.16. The molecule has 0 aliphatic carbocycles. The lowest BCUT2D eigenvalue weighted by atomic mass is 9.88. The van der Waals surface area contributed by atoms with Crippen molar-refractivity contribution in [2.45, 2.75) is 33.7 Å². The molecule has 0 aromatic heterocycles. The van der Waals surface area contributed by atoms with E-state index >= 15 is 0 Å². The zero-order chi connectivity index (χ0) is 14.0. The average Bonchev–Trinajstić information content (AvgIpc) is 2.30. The van der Waals surface area contributed by atoms with E-state index in [-0.39, 0.29) is 17.9 Å². The van der Waals surface area contributed by atoms with Gasteiger partial charge in [0.15, 0.2) is 0 Å². The number of carbonyl (C=O) groups excluding carboxylic acids is 1. The number of carbonyl (C=O) groups is 1. The molecule has 1 aliphatic heterocycles. The summed E-state index contributed by atoms with van der Waals surface area (Å²) in [7, 11) is 0. The smallest absolute Gasteiger partial charge is 0.223 e. The Morgan fingerprint density at radius 1 is 1.26 bits per heavy atom. The van der Waals surface area contributed by atoms with Crippen molar-refractivity contribution in [2.75, 3.05) is 13.1 Å². The van der Waals surface area contributed by atoms with E-state index in [0.29, 0.717) is 5.92 Å². The lowest BCUT2D eigenvalue weighted by Gasteiger charge is -2.32. The van der Waals surface area contributed by atoms with E-state index in [2.05, 4.69) is 42.7 Å². The first-order valence-corrected chi connectivity index (χ1v) is 7.07. The third-order valence-electron chi connectivity index (χ3n) is 4.32. The van der Waals surface area contributed by atoms with Gasteiger partial charge in [0.2, 0.25) is 5.91 Å². The molecular formula is C16H24N2O. The molecule has 2 N–H and O–H groups in total. The zero-order valence-electron chi connectivity index (χ0n) is 12.3. The van der Waals surface area contributed by atoms with Gasteiger partial charge in [-0.25, -0.2) is 0 Å². The summed E-state index contributed by atoms with van der Waals surface area (Å²) in [5.74, 6) is 0.749. The summed E-state index contributed by atoms with van der Waals surface area (Å²) < 4.78 is 0. The number of benzene rings is 1. The van der Waals surface area contributed by atoms with Gasteiger partial charge in [0.25, 0.3) is 0 Å². The van der Waals surface area contributed by atoms with Crippen LogP contribution >= 0.6 is 0 Å². The van der Waals surface area contributed by atoms with Crippen LogP contribution in [-0.4, -0.2) is 19.0 Å². The standard InChI is InChI=1S/C16H24N2O/c1-10-5-6-14(7-11(10)2)13(4)18-16(19)12(3)15-8-17-9-15/h5-7,12-13,15,17H,8-9H2,1-4H3,(H,18,19). The Bertz CT molecular complexity index is 466. The Morgan fingerprint density at radius 2 is 1.95 bits per heavy atom. The maximum atomic E-state index is 12.2. The Balaban J connectivity index is 1.97. The highest BCUT2D eigenvalue weighted by Crippen LogP contribution is 2.20. The van der Waals surface area contributed by atoms with Crippen LogP contribution in [0.4, 0.5) is 0 Å². The number of hydrogen-bond donors (Lipinski definition) is 2. The highest BCUT2D eigenvalue weighted by atomic mass is 16.1. The molecule has 1 aromatic rings. The largest absolute Gasteiger partial charge is 0.349 e. The van der Waals surface area contributed by atoms with Gasteiger partial charge in [0.05, 0.1) is 6.04 Å². The summed E-state index contributed by atoms with van der Waals surface area (Å²) in [5.41, 5.74) is 3.74. The quantitative estimate of drug-likeness (QED) is 0.872. The minimum absolute atomic E-state index is 0.0716. The summed E-state index contributed by atoms with van der Waals surface area (Å²) in [4.78, 5) is 12.2. The van der Waals surface area contributed by atoms with Gasteiger partial charge in [-0.2, -0.15) is 0 Å². The van der Waals surface area contributed by atoms with Gasteiger partial charge in [0, 0.05) is 5.92 Å². The Morgan fingerprint density at radius 3 is 2.47 bits per heavy atom. The molecule has 0 bridgehead atoms. The van der Waals surface area contributed by atoms with Gasteiger partial charge in [0.1, 0.15) is 0 Å². The van der Waals surface area contributed by atoms with E-state index < -0.39 is 0 Å². The molecule has 0 spiro atoms. The van der Waals surface area contributed by atoms with E-state index in [1.807, 2.05) is 13.8 Å². The van der Waals surface area contributed by atoms with Gasteiger partial charge in [-0.15, -0.1) is 0 Å². The van der Waals surface area contributed by atoms with Crippen LogP contribution < -0.4 is 10.6 Å². The molecule has 1 fully saturated rings. The van der Waals surface area contributed by atoms with Crippen molar-refractivity contribution in [3.63, 3.8) is 0 Å². The minimum Gasteiger partial charge on any atom is -0.349 e. The van der Waals surface area contributed by atoms with Crippen molar-refractivity contribution in [1.29, 1.82) is 0 Å². The summed E-state index contributed by atoms with van der Waals surface area (Å²) in [6.07, 6.45) is 0. The lowest BCUT2D eigenvalue weighted by Crippen LogP contribution is -2.49. The maximum Gasteiger partial charge on any atom is 0.223 e. The minimum atomic E-state index is 0.0716. The van der Waals surface area contributed by atoms with Gasteiger partial charge in [-0.3, -0.25) is 4.79 Å². The summed E-state index contributed by atoms with van der Waals surface area (Å²) in [5, 5.41) is 6.34. The second kappa shape index (κ2) is 5.74. The molecule has 1 heterocycles. The van der Waals surface area contributed by atoms with Gasteiger partial charge < -0.3 is 10.6 Å².